The Bertz CT molecular complexity index is 455. The van der Waals surface area contributed by atoms with Crippen molar-refractivity contribution in [2.24, 2.45) is 0 Å². The number of hydrogen-bond donors (Lipinski definition) is 1. The maximum absolute atomic E-state index is 12.9. The van der Waals surface area contributed by atoms with Crippen LogP contribution in [0.25, 0.3) is 0 Å². The van der Waals surface area contributed by atoms with Gasteiger partial charge in [-0.05, 0) is 37.1 Å². The number of anilines is 1. The lowest BCUT2D eigenvalue weighted by atomic mass is 10.1. The van der Waals surface area contributed by atoms with E-state index in [-0.39, 0.29) is 11.8 Å². The van der Waals surface area contributed by atoms with Crippen molar-refractivity contribution in [1.29, 1.82) is 0 Å². The number of benzene rings is 1. The number of halogens is 1. The van der Waals surface area contributed by atoms with Crippen molar-refractivity contribution in [2.75, 3.05) is 19.0 Å². The number of hydrogen-bond acceptors (Lipinski definition) is 3. The molecular weight excluding hydrogens is 233 g/mol. The van der Waals surface area contributed by atoms with E-state index in [1.807, 2.05) is 13.8 Å². The maximum atomic E-state index is 12.9. The van der Waals surface area contributed by atoms with Gasteiger partial charge in [0.1, 0.15) is 5.82 Å². The number of carbonyl (C=O) groups is 1. The van der Waals surface area contributed by atoms with Gasteiger partial charge >= 0.3 is 5.97 Å². The van der Waals surface area contributed by atoms with Gasteiger partial charge in [-0.15, -0.1) is 0 Å². The second-order valence-corrected chi connectivity index (χ2v) is 3.91. The van der Waals surface area contributed by atoms with Gasteiger partial charge in [-0.2, -0.15) is 0 Å². The number of methoxy groups -OCH3 is 1. The Morgan fingerprint density at radius 3 is 2.78 bits per heavy atom. The molecule has 0 atom stereocenters. The Morgan fingerprint density at radius 2 is 2.22 bits per heavy atom. The molecule has 0 saturated heterocycles. The van der Waals surface area contributed by atoms with Crippen LogP contribution in [-0.2, 0) is 9.53 Å². The quantitative estimate of drug-likeness (QED) is 0.645. The van der Waals surface area contributed by atoms with Gasteiger partial charge in [-0.25, -0.2) is 9.18 Å². The molecule has 0 aliphatic heterocycles. The van der Waals surface area contributed by atoms with Crippen LogP contribution in [0.1, 0.15) is 18.9 Å². The zero-order valence-electron chi connectivity index (χ0n) is 10.9. The van der Waals surface area contributed by atoms with Crippen LogP contribution in [0.3, 0.4) is 0 Å². The molecule has 0 radical (unpaired) electrons. The standard InChI is InChI=1S/C14H18FNO2/c1-4-11(14(17)18-3)7-8-16-13-6-5-12(15)9-10(13)2/h5-7,9,16H,4,8H2,1-3H3/b11-7-. The summed E-state index contributed by atoms with van der Waals surface area (Å²) in [5.74, 6) is -0.562. The molecule has 1 N–H and O–H groups in total. The Labute approximate surface area is 107 Å². The summed E-state index contributed by atoms with van der Waals surface area (Å²) in [6, 6.07) is 4.55. The van der Waals surface area contributed by atoms with Crippen LogP contribution >= 0.6 is 0 Å². The molecule has 0 aliphatic carbocycles. The van der Waals surface area contributed by atoms with Crippen LogP contribution in [-0.4, -0.2) is 19.6 Å². The van der Waals surface area contributed by atoms with Gasteiger partial charge in [0.2, 0.25) is 0 Å². The third-order valence-electron chi connectivity index (χ3n) is 2.66. The predicted molar refractivity (Wildman–Crippen MR) is 70.0 cm³/mol. The first kappa shape index (κ1) is 14.2. The number of aryl methyl sites for hydroxylation is 1. The molecule has 3 nitrogen and oxygen atoms in total. The van der Waals surface area contributed by atoms with Crippen LogP contribution in [0.5, 0.6) is 0 Å². The molecule has 0 amide bonds. The molecule has 1 aromatic carbocycles. The van der Waals surface area contributed by atoms with Crippen molar-refractivity contribution in [3.63, 3.8) is 0 Å². The molecule has 18 heavy (non-hydrogen) atoms. The van der Waals surface area contributed by atoms with E-state index in [0.717, 1.165) is 11.3 Å². The topological polar surface area (TPSA) is 38.3 Å². The number of nitrogens with one attached hydrogen (secondary N) is 1. The average Bonchev–Trinajstić information content (AvgIpc) is 2.36. The summed E-state index contributed by atoms with van der Waals surface area (Å²) in [5, 5.41) is 3.13. The van der Waals surface area contributed by atoms with Gasteiger partial charge in [-0.3, -0.25) is 0 Å². The van der Waals surface area contributed by atoms with Crippen LogP contribution < -0.4 is 5.32 Å². The highest BCUT2D eigenvalue weighted by Crippen LogP contribution is 2.15. The molecule has 0 saturated carbocycles. The Hall–Kier alpha value is -1.84. The molecule has 98 valence electrons. The summed E-state index contributed by atoms with van der Waals surface area (Å²) in [7, 11) is 1.36. The minimum atomic E-state index is -0.310. The Morgan fingerprint density at radius 1 is 1.50 bits per heavy atom. The second kappa shape index (κ2) is 6.79. The highest BCUT2D eigenvalue weighted by Gasteiger charge is 2.06. The van der Waals surface area contributed by atoms with Crippen molar-refractivity contribution >= 4 is 11.7 Å². The summed E-state index contributed by atoms with van der Waals surface area (Å²) in [5.41, 5.74) is 2.32. The molecule has 0 heterocycles. The molecule has 0 aliphatic rings. The van der Waals surface area contributed by atoms with E-state index in [4.69, 9.17) is 0 Å². The number of carbonyl (C=O) groups excluding carboxylic acids is 1. The molecule has 0 unspecified atom stereocenters. The first-order valence-corrected chi connectivity index (χ1v) is 5.85. The fraction of sp³-hybridized carbons (Fsp3) is 0.357. The summed E-state index contributed by atoms with van der Waals surface area (Å²) < 4.78 is 17.6. The van der Waals surface area contributed by atoms with Gasteiger partial charge in [0.05, 0.1) is 7.11 Å². The van der Waals surface area contributed by atoms with E-state index >= 15 is 0 Å². The second-order valence-electron chi connectivity index (χ2n) is 3.91. The lowest BCUT2D eigenvalue weighted by Crippen LogP contribution is -2.07. The van der Waals surface area contributed by atoms with E-state index in [9.17, 15) is 9.18 Å². The monoisotopic (exact) mass is 251 g/mol. The zero-order valence-corrected chi connectivity index (χ0v) is 10.9. The molecule has 4 heteroatoms. The minimum Gasteiger partial charge on any atom is -0.466 e. The number of esters is 1. The van der Waals surface area contributed by atoms with Gasteiger partial charge in [-0.1, -0.05) is 13.0 Å². The fourth-order valence-corrected chi connectivity index (χ4v) is 1.61. The van der Waals surface area contributed by atoms with Gasteiger partial charge < -0.3 is 10.1 Å². The van der Waals surface area contributed by atoms with Gasteiger partial charge in [0.25, 0.3) is 0 Å². The highest BCUT2D eigenvalue weighted by molar-refractivity contribution is 5.88. The van der Waals surface area contributed by atoms with Crippen molar-refractivity contribution in [3.8, 4) is 0 Å². The maximum Gasteiger partial charge on any atom is 0.333 e. The predicted octanol–water partition coefficient (Wildman–Crippen LogP) is 3.06. The fourth-order valence-electron chi connectivity index (χ4n) is 1.61. The molecule has 0 spiro atoms. The number of rotatable bonds is 5. The van der Waals surface area contributed by atoms with Crippen molar-refractivity contribution in [1.82, 2.24) is 0 Å². The minimum absolute atomic E-state index is 0.252. The molecule has 0 aromatic heterocycles. The van der Waals surface area contributed by atoms with E-state index in [2.05, 4.69) is 10.1 Å². The lowest BCUT2D eigenvalue weighted by molar-refractivity contribution is -0.136. The molecule has 1 aromatic rings. The van der Waals surface area contributed by atoms with E-state index in [0.29, 0.717) is 18.5 Å². The average molecular weight is 251 g/mol. The van der Waals surface area contributed by atoms with Gasteiger partial charge in [0.15, 0.2) is 0 Å². The first-order chi connectivity index (χ1) is 8.58. The molecule has 0 bridgehead atoms. The Kier molecular flexibility index (Phi) is 5.36. The normalized spacial score (nSPS) is 11.2. The van der Waals surface area contributed by atoms with Crippen molar-refractivity contribution < 1.29 is 13.9 Å². The summed E-state index contributed by atoms with van der Waals surface area (Å²) in [6.07, 6.45) is 2.41. The first-order valence-electron chi connectivity index (χ1n) is 5.85. The van der Waals surface area contributed by atoms with Gasteiger partial charge in [0, 0.05) is 17.8 Å². The van der Waals surface area contributed by atoms with E-state index in [1.165, 1.54) is 19.2 Å². The SMILES string of the molecule is CC/C(=C/CNc1ccc(F)cc1C)C(=O)OC. The highest BCUT2D eigenvalue weighted by atomic mass is 19.1. The van der Waals surface area contributed by atoms with Crippen molar-refractivity contribution in [2.45, 2.75) is 20.3 Å². The van der Waals surface area contributed by atoms with Crippen LogP contribution in [0.4, 0.5) is 10.1 Å². The van der Waals surface area contributed by atoms with Crippen LogP contribution in [0, 0.1) is 12.7 Å². The largest absolute Gasteiger partial charge is 0.466 e. The van der Waals surface area contributed by atoms with E-state index < -0.39 is 0 Å². The summed E-state index contributed by atoms with van der Waals surface area (Å²) in [4.78, 5) is 11.3. The summed E-state index contributed by atoms with van der Waals surface area (Å²) in [6.45, 7) is 4.23. The Balaban J connectivity index is 2.65. The third kappa shape index (κ3) is 3.87. The zero-order chi connectivity index (χ0) is 13.5. The molecule has 1 rings (SSSR count). The van der Waals surface area contributed by atoms with Crippen LogP contribution in [0.15, 0.2) is 29.8 Å². The number of ether oxygens (including phenoxy) is 1. The lowest BCUT2D eigenvalue weighted by Gasteiger charge is -2.08. The van der Waals surface area contributed by atoms with Crippen LogP contribution in [0.2, 0.25) is 0 Å². The summed E-state index contributed by atoms with van der Waals surface area (Å²) >= 11 is 0. The van der Waals surface area contributed by atoms with E-state index in [1.54, 1.807) is 12.1 Å². The smallest absolute Gasteiger partial charge is 0.333 e. The molecular formula is C14H18FNO2. The molecule has 0 fully saturated rings. The van der Waals surface area contributed by atoms with Crippen molar-refractivity contribution in [3.05, 3.63) is 41.2 Å². The third-order valence-corrected chi connectivity index (χ3v) is 2.66.